The van der Waals surface area contributed by atoms with Gasteiger partial charge in [0.25, 0.3) is 5.91 Å². The van der Waals surface area contributed by atoms with E-state index in [1.165, 1.54) is 30.3 Å². The van der Waals surface area contributed by atoms with Gasteiger partial charge >= 0.3 is 0 Å². The van der Waals surface area contributed by atoms with Crippen molar-refractivity contribution in [2.45, 2.75) is 6.92 Å². The second kappa shape index (κ2) is 7.78. The van der Waals surface area contributed by atoms with Gasteiger partial charge in [-0.3, -0.25) is 4.79 Å². The molecule has 3 aromatic rings. The summed E-state index contributed by atoms with van der Waals surface area (Å²) in [5, 5.41) is 2.65. The van der Waals surface area contributed by atoms with Crippen molar-refractivity contribution in [1.82, 2.24) is 0 Å². The van der Waals surface area contributed by atoms with Gasteiger partial charge in [-0.2, -0.15) is 0 Å². The average molecular weight is 353 g/mol. The van der Waals surface area contributed by atoms with Crippen molar-refractivity contribution in [3.63, 3.8) is 0 Å². The number of hydrogen-bond donors (Lipinski definition) is 1. The van der Waals surface area contributed by atoms with Gasteiger partial charge in [0.1, 0.15) is 17.4 Å². The van der Waals surface area contributed by atoms with Crippen LogP contribution < -0.4 is 10.1 Å². The molecular formula is C21H17F2NO2. The smallest absolute Gasteiger partial charge is 0.258 e. The van der Waals surface area contributed by atoms with Gasteiger partial charge in [0.05, 0.1) is 12.2 Å². The highest BCUT2D eigenvalue weighted by Gasteiger charge is 2.14. The van der Waals surface area contributed by atoms with E-state index < -0.39 is 17.5 Å². The molecule has 0 bridgehead atoms. The molecule has 0 saturated carbocycles. The predicted octanol–water partition coefficient (Wildman–Crippen LogP) is 5.28. The molecule has 0 aliphatic carbocycles. The Hall–Kier alpha value is -3.21. The van der Waals surface area contributed by atoms with Crippen molar-refractivity contribution in [3.8, 4) is 16.9 Å². The first-order valence-corrected chi connectivity index (χ1v) is 8.16. The Bertz CT molecular complexity index is 941. The summed E-state index contributed by atoms with van der Waals surface area (Å²) in [4.78, 5) is 12.5. The number of ether oxygens (including phenoxy) is 1. The number of amides is 1. The molecule has 0 spiro atoms. The minimum absolute atomic E-state index is 0.117. The zero-order valence-corrected chi connectivity index (χ0v) is 14.1. The lowest BCUT2D eigenvalue weighted by Crippen LogP contribution is -2.14. The van der Waals surface area contributed by atoms with Crippen molar-refractivity contribution in [3.05, 3.63) is 83.9 Å². The van der Waals surface area contributed by atoms with E-state index >= 15 is 0 Å². The SMILES string of the molecule is CCOc1cccc(NC(=O)c2cc(-c3cccc(F)c3)ccc2F)c1. The zero-order valence-electron chi connectivity index (χ0n) is 14.1. The van der Waals surface area contributed by atoms with E-state index in [1.807, 2.05) is 6.92 Å². The van der Waals surface area contributed by atoms with E-state index in [2.05, 4.69) is 5.32 Å². The van der Waals surface area contributed by atoms with Gasteiger partial charge in [0.15, 0.2) is 0 Å². The van der Waals surface area contributed by atoms with E-state index in [4.69, 9.17) is 4.74 Å². The van der Waals surface area contributed by atoms with Crippen LogP contribution in [0.2, 0.25) is 0 Å². The second-order valence-corrected chi connectivity index (χ2v) is 5.62. The molecule has 0 aliphatic heterocycles. The van der Waals surface area contributed by atoms with Gasteiger partial charge in [-0.15, -0.1) is 0 Å². The maximum absolute atomic E-state index is 14.2. The van der Waals surface area contributed by atoms with Crippen molar-refractivity contribution in [2.24, 2.45) is 0 Å². The van der Waals surface area contributed by atoms with Crippen LogP contribution in [0.5, 0.6) is 5.75 Å². The topological polar surface area (TPSA) is 38.3 Å². The Labute approximate surface area is 150 Å². The van der Waals surface area contributed by atoms with Crippen LogP contribution in [-0.2, 0) is 0 Å². The Morgan fingerprint density at radius 1 is 0.962 bits per heavy atom. The van der Waals surface area contributed by atoms with Gasteiger partial charge in [-0.25, -0.2) is 8.78 Å². The molecule has 1 amide bonds. The summed E-state index contributed by atoms with van der Waals surface area (Å²) in [5.41, 5.74) is 1.50. The maximum atomic E-state index is 14.2. The summed E-state index contributed by atoms with van der Waals surface area (Å²) in [7, 11) is 0. The largest absolute Gasteiger partial charge is 0.494 e. The number of carbonyl (C=O) groups excluding carboxylic acids is 1. The highest BCUT2D eigenvalue weighted by Crippen LogP contribution is 2.24. The lowest BCUT2D eigenvalue weighted by Gasteiger charge is -2.10. The standard InChI is InChI=1S/C21H17F2NO2/c1-2-26-18-8-4-7-17(13-18)24-21(25)19-12-15(9-10-20(19)23)14-5-3-6-16(22)11-14/h3-13H,2H2,1H3,(H,24,25). The molecule has 0 heterocycles. The molecule has 3 nitrogen and oxygen atoms in total. The molecule has 0 atom stereocenters. The third-order valence-corrected chi connectivity index (χ3v) is 3.77. The number of hydrogen-bond acceptors (Lipinski definition) is 2. The van der Waals surface area contributed by atoms with Gasteiger partial charge in [0, 0.05) is 11.8 Å². The summed E-state index contributed by atoms with van der Waals surface area (Å²) in [6, 6.07) is 16.9. The molecule has 0 aliphatic rings. The first kappa shape index (κ1) is 17.6. The number of anilines is 1. The molecule has 3 aromatic carbocycles. The van der Waals surface area contributed by atoms with Crippen molar-refractivity contribution in [1.29, 1.82) is 0 Å². The van der Waals surface area contributed by atoms with E-state index in [-0.39, 0.29) is 5.56 Å². The van der Waals surface area contributed by atoms with E-state index in [0.29, 0.717) is 29.2 Å². The van der Waals surface area contributed by atoms with E-state index in [0.717, 1.165) is 0 Å². The number of halogens is 2. The van der Waals surface area contributed by atoms with Gasteiger partial charge in [0.2, 0.25) is 0 Å². The first-order chi connectivity index (χ1) is 12.6. The van der Waals surface area contributed by atoms with Crippen LogP contribution in [-0.4, -0.2) is 12.5 Å². The van der Waals surface area contributed by atoms with Crippen LogP contribution in [0.4, 0.5) is 14.5 Å². The average Bonchev–Trinajstić information content (AvgIpc) is 2.62. The molecule has 0 fully saturated rings. The molecule has 132 valence electrons. The van der Waals surface area contributed by atoms with Crippen molar-refractivity contribution >= 4 is 11.6 Å². The van der Waals surface area contributed by atoms with Crippen LogP contribution in [0.3, 0.4) is 0 Å². The molecule has 1 N–H and O–H groups in total. The van der Waals surface area contributed by atoms with Crippen LogP contribution in [0.15, 0.2) is 66.7 Å². The van der Waals surface area contributed by atoms with Crippen molar-refractivity contribution < 1.29 is 18.3 Å². The predicted molar refractivity (Wildman–Crippen MR) is 97.4 cm³/mol. The normalized spacial score (nSPS) is 10.4. The minimum Gasteiger partial charge on any atom is -0.494 e. The Balaban J connectivity index is 1.87. The molecule has 0 aromatic heterocycles. The lowest BCUT2D eigenvalue weighted by molar-refractivity contribution is 0.102. The van der Waals surface area contributed by atoms with Gasteiger partial charge in [-0.05, 0) is 54.4 Å². The lowest BCUT2D eigenvalue weighted by atomic mass is 10.0. The quantitative estimate of drug-likeness (QED) is 0.677. The monoisotopic (exact) mass is 353 g/mol. The molecule has 0 radical (unpaired) electrons. The fraction of sp³-hybridized carbons (Fsp3) is 0.0952. The second-order valence-electron chi connectivity index (χ2n) is 5.62. The van der Waals surface area contributed by atoms with E-state index in [1.54, 1.807) is 36.4 Å². The fourth-order valence-corrected chi connectivity index (χ4v) is 2.58. The summed E-state index contributed by atoms with van der Waals surface area (Å²) in [6.07, 6.45) is 0. The minimum atomic E-state index is -0.649. The van der Waals surface area contributed by atoms with Gasteiger partial charge < -0.3 is 10.1 Å². The fourth-order valence-electron chi connectivity index (χ4n) is 2.58. The third kappa shape index (κ3) is 4.06. The summed E-state index contributed by atoms with van der Waals surface area (Å²) in [5.74, 6) is -1.03. The van der Waals surface area contributed by atoms with Crippen LogP contribution in [0.1, 0.15) is 17.3 Å². The maximum Gasteiger partial charge on any atom is 0.258 e. The van der Waals surface area contributed by atoms with Crippen LogP contribution in [0, 0.1) is 11.6 Å². The van der Waals surface area contributed by atoms with Crippen molar-refractivity contribution in [2.75, 3.05) is 11.9 Å². The molecule has 0 unspecified atom stereocenters. The molecule has 0 saturated heterocycles. The Kier molecular flexibility index (Phi) is 5.27. The van der Waals surface area contributed by atoms with Gasteiger partial charge in [-0.1, -0.05) is 24.3 Å². The molecular weight excluding hydrogens is 336 g/mol. The first-order valence-electron chi connectivity index (χ1n) is 8.16. The molecule has 5 heteroatoms. The van der Waals surface area contributed by atoms with E-state index in [9.17, 15) is 13.6 Å². The third-order valence-electron chi connectivity index (χ3n) is 3.77. The Morgan fingerprint density at radius 2 is 1.73 bits per heavy atom. The number of rotatable bonds is 5. The highest BCUT2D eigenvalue weighted by molar-refractivity contribution is 6.05. The molecule has 3 rings (SSSR count). The number of nitrogens with one attached hydrogen (secondary N) is 1. The molecule has 26 heavy (non-hydrogen) atoms. The Morgan fingerprint density at radius 3 is 2.50 bits per heavy atom. The zero-order chi connectivity index (χ0) is 18.5. The van der Waals surface area contributed by atoms with Crippen LogP contribution in [0.25, 0.3) is 11.1 Å². The summed E-state index contributed by atoms with van der Waals surface area (Å²) >= 11 is 0. The number of carbonyl (C=O) groups is 1. The summed E-state index contributed by atoms with van der Waals surface area (Å²) < 4.78 is 33.0. The van der Waals surface area contributed by atoms with Crippen LogP contribution >= 0.6 is 0 Å². The number of benzene rings is 3. The highest BCUT2D eigenvalue weighted by atomic mass is 19.1. The summed E-state index contributed by atoms with van der Waals surface area (Å²) in [6.45, 7) is 2.36.